The van der Waals surface area contributed by atoms with E-state index in [0.717, 1.165) is 18.8 Å². The fourth-order valence-corrected chi connectivity index (χ4v) is 1.28. The van der Waals surface area contributed by atoms with E-state index in [-0.39, 0.29) is 0 Å². The molecule has 98 valence electrons. The van der Waals surface area contributed by atoms with Gasteiger partial charge in [0.05, 0.1) is 19.4 Å². The highest BCUT2D eigenvalue weighted by molar-refractivity contribution is 5.66. The van der Waals surface area contributed by atoms with Crippen LogP contribution in [0, 0.1) is 0 Å². The Balaban J connectivity index is 2.13. The van der Waals surface area contributed by atoms with Crippen LogP contribution in [0.15, 0.2) is 11.9 Å². The third-order valence-electron chi connectivity index (χ3n) is 2.12. The zero-order valence-electron chi connectivity index (χ0n) is 9.95. The van der Waals surface area contributed by atoms with Crippen molar-refractivity contribution < 1.29 is 9.53 Å². The number of alkyl carbamates (subject to hydrolysis) is 1. The number of nitrogens with zero attached hydrogens (tertiary/aromatic N) is 1. The Morgan fingerprint density at radius 2 is 2.41 bits per heavy atom. The molecule has 0 saturated carbocycles. The first-order valence-electron chi connectivity index (χ1n) is 5.48. The van der Waals surface area contributed by atoms with Gasteiger partial charge in [-0.25, -0.2) is 4.79 Å². The maximum atomic E-state index is 10.8. The standard InChI is InChI=1S/C9H20N6O2/c1-17-9(16)12-4-5-15-7-8(13-14-15)6-11-3-2-10/h7,11,13-14H,2-6,10H2,1H3,(H,12,16). The van der Waals surface area contributed by atoms with Crippen molar-refractivity contribution in [3.63, 3.8) is 0 Å². The van der Waals surface area contributed by atoms with Gasteiger partial charge < -0.3 is 26.5 Å². The minimum atomic E-state index is -0.425. The van der Waals surface area contributed by atoms with Crippen molar-refractivity contribution >= 4 is 6.09 Å². The van der Waals surface area contributed by atoms with Gasteiger partial charge in [0.1, 0.15) is 0 Å². The third-order valence-corrected chi connectivity index (χ3v) is 2.12. The van der Waals surface area contributed by atoms with E-state index in [1.54, 1.807) is 0 Å². The van der Waals surface area contributed by atoms with Crippen LogP contribution in [0.1, 0.15) is 0 Å². The first-order valence-corrected chi connectivity index (χ1v) is 5.48. The zero-order valence-corrected chi connectivity index (χ0v) is 9.95. The Morgan fingerprint density at radius 1 is 1.59 bits per heavy atom. The number of rotatable bonds is 7. The van der Waals surface area contributed by atoms with E-state index in [1.807, 2.05) is 11.2 Å². The Kier molecular flexibility index (Phi) is 6.15. The Labute approximate surface area is 100 Å². The van der Waals surface area contributed by atoms with Crippen molar-refractivity contribution in [3.05, 3.63) is 11.9 Å². The summed E-state index contributed by atoms with van der Waals surface area (Å²) in [4.78, 5) is 10.8. The second-order valence-corrected chi connectivity index (χ2v) is 3.47. The summed E-state index contributed by atoms with van der Waals surface area (Å²) >= 11 is 0. The van der Waals surface area contributed by atoms with Crippen molar-refractivity contribution in [1.82, 2.24) is 26.6 Å². The number of hydrogen-bond acceptors (Lipinski definition) is 7. The number of hydrazine groups is 2. The van der Waals surface area contributed by atoms with Crippen LogP contribution in [0.4, 0.5) is 4.79 Å². The summed E-state index contributed by atoms with van der Waals surface area (Å²) in [5.74, 6) is 0. The van der Waals surface area contributed by atoms with Crippen molar-refractivity contribution in [3.8, 4) is 0 Å². The van der Waals surface area contributed by atoms with Crippen LogP contribution in [0.5, 0.6) is 0 Å². The van der Waals surface area contributed by atoms with E-state index in [9.17, 15) is 4.79 Å². The summed E-state index contributed by atoms with van der Waals surface area (Å²) in [7, 11) is 1.34. The van der Waals surface area contributed by atoms with Crippen LogP contribution in [-0.2, 0) is 4.74 Å². The minimum Gasteiger partial charge on any atom is -0.453 e. The fraction of sp³-hybridized carbons (Fsp3) is 0.667. The average molecular weight is 244 g/mol. The van der Waals surface area contributed by atoms with Gasteiger partial charge in [0.15, 0.2) is 0 Å². The molecule has 0 bridgehead atoms. The molecule has 1 heterocycles. The number of nitrogens with one attached hydrogen (secondary N) is 4. The van der Waals surface area contributed by atoms with Gasteiger partial charge in [-0.15, -0.1) is 5.53 Å². The molecule has 17 heavy (non-hydrogen) atoms. The maximum absolute atomic E-state index is 10.8. The van der Waals surface area contributed by atoms with Crippen LogP contribution < -0.4 is 27.3 Å². The molecule has 0 aliphatic carbocycles. The molecule has 0 radical (unpaired) electrons. The van der Waals surface area contributed by atoms with E-state index >= 15 is 0 Å². The normalized spacial score (nSPS) is 14.2. The van der Waals surface area contributed by atoms with Gasteiger partial charge in [0, 0.05) is 32.4 Å². The average Bonchev–Trinajstić information content (AvgIpc) is 2.77. The molecule has 0 saturated heterocycles. The van der Waals surface area contributed by atoms with Crippen LogP contribution in [-0.4, -0.2) is 50.9 Å². The van der Waals surface area contributed by atoms with Crippen LogP contribution in [0.3, 0.4) is 0 Å². The lowest BCUT2D eigenvalue weighted by atomic mass is 10.4. The van der Waals surface area contributed by atoms with Crippen LogP contribution in [0.2, 0.25) is 0 Å². The molecular weight excluding hydrogens is 224 g/mol. The maximum Gasteiger partial charge on any atom is 0.406 e. The lowest BCUT2D eigenvalue weighted by Gasteiger charge is -2.14. The van der Waals surface area contributed by atoms with Crippen molar-refractivity contribution in [1.29, 1.82) is 0 Å². The van der Waals surface area contributed by atoms with Crippen LogP contribution in [0.25, 0.3) is 0 Å². The molecule has 8 heteroatoms. The minimum absolute atomic E-state index is 0.425. The number of carbonyl (C=O) groups excluding carboxylic acids is 1. The highest BCUT2D eigenvalue weighted by Gasteiger charge is 2.10. The summed E-state index contributed by atoms with van der Waals surface area (Å²) < 4.78 is 4.46. The Hall–Kier alpha value is -1.51. The number of amides is 1. The van der Waals surface area contributed by atoms with Crippen LogP contribution >= 0.6 is 0 Å². The van der Waals surface area contributed by atoms with Crippen molar-refractivity contribution in [2.24, 2.45) is 5.73 Å². The predicted molar refractivity (Wildman–Crippen MR) is 63.4 cm³/mol. The molecule has 0 aromatic heterocycles. The number of methoxy groups -OCH3 is 1. The largest absolute Gasteiger partial charge is 0.453 e. The summed E-state index contributed by atoms with van der Waals surface area (Å²) in [5, 5.41) is 7.61. The van der Waals surface area contributed by atoms with Gasteiger partial charge in [-0.3, -0.25) is 5.01 Å². The first-order chi connectivity index (χ1) is 8.26. The predicted octanol–water partition coefficient (Wildman–Crippen LogP) is -1.94. The molecule has 8 nitrogen and oxygen atoms in total. The molecule has 0 aromatic rings. The van der Waals surface area contributed by atoms with Gasteiger partial charge >= 0.3 is 6.09 Å². The number of ether oxygens (including phenoxy) is 1. The Bertz CT molecular complexity index is 270. The summed E-state index contributed by atoms with van der Waals surface area (Å²) in [5.41, 5.74) is 12.4. The van der Waals surface area contributed by atoms with E-state index in [0.29, 0.717) is 19.6 Å². The van der Waals surface area contributed by atoms with Crippen molar-refractivity contribution in [2.75, 3.05) is 39.8 Å². The highest BCUT2D eigenvalue weighted by Crippen LogP contribution is 1.96. The third kappa shape index (κ3) is 5.38. The number of hydrogen-bond donors (Lipinski definition) is 5. The fourth-order valence-electron chi connectivity index (χ4n) is 1.28. The van der Waals surface area contributed by atoms with E-state index in [4.69, 9.17) is 5.73 Å². The van der Waals surface area contributed by atoms with Gasteiger partial charge in [-0.2, -0.15) is 0 Å². The van der Waals surface area contributed by atoms with Crippen molar-refractivity contribution in [2.45, 2.75) is 0 Å². The highest BCUT2D eigenvalue weighted by atomic mass is 16.5. The molecule has 1 amide bonds. The van der Waals surface area contributed by atoms with Gasteiger partial charge in [0.25, 0.3) is 0 Å². The second kappa shape index (κ2) is 7.71. The van der Waals surface area contributed by atoms with E-state index in [2.05, 4.69) is 26.3 Å². The summed E-state index contributed by atoms with van der Waals surface area (Å²) in [6, 6.07) is 0. The molecule has 6 N–H and O–H groups in total. The SMILES string of the molecule is COC(=O)NCCN1C=C(CNCCN)NN1. The smallest absolute Gasteiger partial charge is 0.406 e. The lowest BCUT2D eigenvalue weighted by molar-refractivity contribution is 0.168. The van der Waals surface area contributed by atoms with Gasteiger partial charge in [-0.1, -0.05) is 0 Å². The van der Waals surface area contributed by atoms with E-state index < -0.39 is 6.09 Å². The lowest BCUT2D eigenvalue weighted by Crippen LogP contribution is -2.41. The van der Waals surface area contributed by atoms with Gasteiger partial charge in [0.2, 0.25) is 0 Å². The first kappa shape index (κ1) is 13.6. The molecule has 1 aliphatic heterocycles. The molecule has 1 rings (SSSR count). The Morgan fingerprint density at radius 3 is 3.12 bits per heavy atom. The topological polar surface area (TPSA) is 104 Å². The molecule has 0 aromatic carbocycles. The molecule has 0 fully saturated rings. The quantitative estimate of drug-likeness (QED) is 0.332. The summed E-state index contributed by atoms with van der Waals surface area (Å²) in [6.45, 7) is 3.27. The monoisotopic (exact) mass is 244 g/mol. The summed E-state index contributed by atoms with van der Waals surface area (Å²) in [6.07, 6.45) is 1.51. The molecular formula is C9H20N6O2. The molecule has 0 unspecified atom stereocenters. The molecule has 0 spiro atoms. The zero-order chi connectivity index (χ0) is 12.5. The number of carbonyl (C=O) groups is 1. The van der Waals surface area contributed by atoms with Gasteiger partial charge in [-0.05, 0) is 0 Å². The second-order valence-electron chi connectivity index (χ2n) is 3.47. The molecule has 1 aliphatic rings. The molecule has 0 atom stereocenters. The number of nitrogens with two attached hydrogens (primary N) is 1. The van der Waals surface area contributed by atoms with E-state index in [1.165, 1.54) is 7.11 Å².